The monoisotopic (exact) mass is 411 g/mol. The Bertz CT molecular complexity index is 803. The maximum absolute atomic E-state index is 5.32. The van der Waals surface area contributed by atoms with Gasteiger partial charge in [0, 0.05) is 19.2 Å². The molecule has 2 aromatic rings. The second kappa shape index (κ2) is 11.4. The molecule has 1 unspecified atom stereocenters. The van der Waals surface area contributed by atoms with Crippen molar-refractivity contribution < 1.29 is 9.47 Å². The molecule has 1 fully saturated rings. The second-order valence-corrected chi connectivity index (χ2v) is 7.28. The molecule has 7 nitrogen and oxygen atoms in total. The SMILES string of the molecule is CCNC(=NCc1cccc(OC)n1)NCC(c1ccc(OC)cc1)N1CCCC1. The highest BCUT2D eigenvalue weighted by Crippen LogP contribution is 2.26. The molecule has 162 valence electrons. The van der Waals surface area contributed by atoms with Gasteiger partial charge in [-0.2, -0.15) is 0 Å². The van der Waals surface area contributed by atoms with Crippen molar-refractivity contribution in [2.45, 2.75) is 32.4 Å². The lowest BCUT2D eigenvalue weighted by Gasteiger charge is -2.29. The number of aliphatic imine (C=N–C) groups is 1. The second-order valence-electron chi connectivity index (χ2n) is 7.28. The van der Waals surface area contributed by atoms with E-state index in [1.54, 1.807) is 14.2 Å². The zero-order chi connectivity index (χ0) is 21.2. The quantitative estimate of drug-likeness (QED) is 0.488. The van der Waals surface area contributed by atoms with Crippen molar-refractivity contribution in [3.63, 3.8) is 0 Å². The summed E-state index contributed by atoms with van der Waals surface area (Å²) in [7, 11) is 3.32. The summed E-state index contributed by atoms with van der Waals surface area (Å²) in [6.45, 7) is 6.39. The molecule has 1 aliphatic heterocycles. The molecule has 3 rings (SSSR count). The standard InChI is InChI=1S/C23H33N5O2/c1-4-24-23(25-16-19-8-7-9-22(27-19)30-3)26-17-21(28-14-5-6-15-28)18-10-12-20(29-2)13-11-18/h7-13,21H,4-6,14-17H2,1-3H3,(H2,24,25,26). The van der Waals surface area contributed by atoms with Gasteiger partial charge >= 0.3 is 0 Å². The predicted octanol–water partition coefficient (Wildman–Crippen LogP) is 2.99. The highest BCUT2D eigenvalue weighted by atomic mass is 16.5. The minimum atomic E-state index is 0.289. The van der Waals surface area contributed by atoms with E-state index in [0.29, 0.717) is 12.4 Å². The van der Waals surface area contributed by atoms with Crippen molar-refractivity contribution in [1.82, 2.24) is 20.5 Å². The van der Waals surface area contributed by atoms with Crippen LogP contribution in [0.15, 0.2) is 47.5 Å². The highest BCUT2D eigenvalue weighted by molar-refractivity contribution is 5.79. The van der Waals surface area contributed by atoms with Gasteiger partial charge in [0.05, 0.1) is 32.5 Å². The van der Waals surface area contributed by atoms with E-state index in [2.05, 4.69) is 39.6 Å². The van der Waals surface area contributed by atoms with Crippen LogP contribution in [0.25, 0.3) is 0 Å². The molecule has 1 aliphatic rings. The predicted molar refractivity (Wildman–Crippen MR) is 120 cm³/mol. The number of benzene rings is 1. The van der Waals surface area contributed by atoms with Crippen LogP contribution in [0, 0.1) is 0 Å². The summed E-state index contributed by atoms with van der Waals surface area (Å²) < 4.78 is 10.5. The molecule has 2 N–H and O–H groups in total. The summed E-state index contributed by atoms with van der Waals surface area (Å²) in [5, 5.41) is 6.87. The normalized spacial score (nSPS) is 15.6. The molecule has 0 spiro atoms. The number of methoxy groups -OCH3 is 2. The van der Waals surface area contributed by atoms with Gasteiger partial charge in [-0.3, -0.25) is 4.90 Å². The van der Waals surface area contributed by atoms with E-state index in [1.807, 2.05) is 30.3 Å². The molecule has 0 amide bonds. The molecule has 30 heavy (non-hydrogen) atoms. The number of pyridine rings is 1. The number of nitrogens with zero attached hydrogens (tertiary/aromatic N) is 3. The van der Waals surface area contributed by atoms with Gasteiger partial charge in [0.1, 0.15) is 5.75 Å². The number of hydrogen-bond donors (Lipinski definition) is 2. The number of likely N-dealkylation sites (tertiary alicyclic amines) is 1. The Hall–Kier alpha value is -2.80. The fourth-order valence-corrected chi connectivity index (χ4v) is 3.69. The van der Waals surface area contributed by atoms with Crippen LogP contribution in [0.2, 0.25) is 0 Å². The van der Waals surface area contributed by atoms with E-state index < -0.39 is 0 Å². The van der Waals surface area contributed by atoms with Crippen LogP contribution >= 0.6 is 0 Å². The van der Waals surface area contributed by atoms with Crippen LogP contribution < -0.4 is 20.1 Å². The molecular formula is C23H33N5O2. The average Bonchev–Trinajstić information content (AvgIpc) is 3.32. The van der Waals surface area contributed by atoms with Gasteiger partial charge in [-0.1, -0.05) is 18.2 Å². The van der Waals surface area contributed by atoms with Crippen molar-refractivity contribution in [2.24, 2.45) is 4.99 Å². The summed E-state index contributed by atoms with van der Waals surface area (Å²) in [5.41, 5.74) is 2.16. The lowest BCUT2D eigenvalue weighted by molar-refractivity contribution is 0.245. The van der Waals surface area contributed by atoms with Crippen LogP contribution in [-0.4, -0.2) is 56.2 Å². The van der Waals surface area contributed by atoms with Crippen LogP contribution in [0.3, 0.4) is 0 Å². The Morgan fingerprint density at radius 3 is 2.50 bits per heavy atom. The van der Waals surface area contributed by atoms with E-state index in [-0.39, 0.29) is 6.04 Å². The summed E-state index contributed by atoms with van der Waals surface area (Å²) in [5.74, 6) is 2.28. The number of hydrogen-bond acceptors (Lipinski definition) is 5. The number of ether oxygens (including phenoxy) is 2. The minimum absolute atomic E-state index is 0.289. The van der Waals surface area contributed by atoms with Crippen LogP contribution in [-0.2, 0) is 6.54 Å². The van der Waals surface area contributed by atoms with Crippen molar-refractivity contribution in [1.29, 1.82) is 0 Å². The van der Waals surface area contributed by atoms with Crippen LogP contribution in [0.5, 0.6) is 11.6 Å². The molecule has 0 bridgehead atoms. The number of nitrogens with one attached hydrogen (secondary N) is 2. The first-order valence-corrected chi connectivity index (χ1v) is 10.6. The third-order valence-electron chi connectivity index (χ3n) is 5.28. The molecule has 1 atom stereocenters. The molecular weight excluding hydrogens is 378 g/mol. The first kappa shape index (κ1) is 21.9. The van der Waals surface area contributed by atoms with Crippen LogP contribution in [0.4, 0.5) is 0 Å². The maximum Gasteiger partial charge on any atom is 0.213 e. The largest absolute Gasteiger partial charge is 0.497 e. The lowest BCUT2D eigenvalue weighted by Crippen LogP contribution is -2.42. The smallest absolute Gasteiger partial charge is 0.213 e. The minimum Gasteiger partial charge on any atom is -0.497 e. The Kier molecular flexibility index (Phi) is 8.32. The van der Waals surface area contributed by atoms with Gasteiger partial charge in [-0.15, -0.1) is 0 Å². The highest BCUT2D eigenvalue weighted by Gasteiger charge is 2.23. The fourth-order valence-electron chi connectivity index (χ4n) is 3.69. The molecule has 1 saturated heterocycles. The fraction of sp³-hybridized carbons (Fsp3) is 0.478. The van der Waals surface area contributed by atoms with E-state index in [1.165, 1.54) is 18.4 Å². The Balaban J connectivity index is 1.69. The number of rotatable bonds is 9. The van der Waals surface area contributed by atoms with Gasteiger partial charge in [0.25, 0.3) is 0 Å². The zero-order valence-electron chi connectivity index (χ0n) is 18.2. The van der Waals surface area contributed by atoms with Crippen LogP contribution in [0.1, 0.15) is 37.1 Å². The van der Waals surface area contributed by atoms with Gasteiger partial charge in [-0.25, -0.2) is 9.98 Å². The van der Waals surface area contributed by atoms with Crippen molar-refractivity contribution >= 4 is 5.96 Å². The molecule has 0 radical (unpaired) electrons. The van der Waals surface area contributed by atoms with Gasteiger partial charge < -0.3 is 20.1 Å². The Morgan fingerprint density at radius 2 is 1.83 bits per heavy atom. The molecule has 1 aromatic carbocycles. The van der Waals surface area contributed by atoms with Gasteiger partial charge in [0.2, 0.25) is 5.88 Å². The maximum atomic E-state index is 5.32. The number of guanidine groups is 1. The van der Waals surface area contributed by atoms with E-state index in [0.717, 1.165) is 43.6 Å². The first-order chi connectivity index (χ1) is 14.7. The van der Waals surface area contributed by atoms with Crippen molar-refractivity contribution in [3.05, 3.63) is 53.7 Å². The molecule has 1 aromatic heterocycles. The van der Waals surface area contributed by atoms with E-state index >= 15 is 0 Å². The van der Waals surface area contributed by atoms with Crippen molar-refractivity contribution in [2.75, 3.05) is 40.4 Å². The summed E-state index contributed by atoms with van der Waals surface area (Å²) >= 11 is 0. The van der Waals surface area contributed by atoms with Gasteiger partial charge in [0.15, 0.2) is 5.96 Å². The first-order valence-electron chi connectivity index (χ1n) is 10.6. The molecule has 0 aliphatic carbocycles. The Labute approximate surface area is 179 Å². The lowest BCUT2D eigenvalue weighted by atomic mass is 10.1. The molecule has 2 heterocycles. The third kappa shape index (κ3) is 6.10. The molecule has 7 heteroatoms. The summed E-state index contributed by atoms with van der Waals surface area (Å²) in [6.07, 6.45) is 2.50. The van der Waals surface area contributed by atoms with E-state index in [4.69, 9.17) is 14.5 Å². The summed E-state index contributed by atoms with van der Waals surface area (Å²) in [6, 6.07) is 14.4. The molecule has 0 saturated carbocycles. The third-order valence-corrected chi connectivity index (χ3v) is 5.28. The van der Waals surface area contributed by atoms with Crippen molar-refractivity contribution in [3.8, 4) is 11.6 Å². The zero-order valence-corrected chi connectivity index (χ0v) is 18.2. The van der Waals surface area contributed by atoms with Gasteiger partial charge in [-0.05, 0) is 56.6 Å². The van der Waals surface area contributed by atoms with E-state index in [9.17, 15) is 0 Å². The summed E-state index contributed by atoms with van der Waals surface area (Å²) in [4.78, 5) is 11.7. The number of aromatic nitrogens is 1. The topological polar surface area (TPSA) is 71.0 Å². The Morgan fingerprint density at radius 1 is 1.07 bits per heavy atom. The average molecular weight is 412 g/mol.